The lowest BCUT2D eigenvalue weighted by Crippen LogP contribution is -2.56. The van der Waals surface area contributed by atoms with Crippen LogP contribution in [0.5, 0.6) is 0 Å². The second-order valence-electron chi connectivity index (χ2n) is 6.82. The molecule has 29 heavy (non-hydrogen) atoms. The Morgan fingerprint density at radius 3 is 2.62 bits per heavy atom. The monoisotopic (exact) mass is 412 g/mol. The summed E-state index contributed by atoms with van der Waals surface area (Å²) < 4.78 is 14.7. The molecule has 1 aliphatic rings. The maximum atomic E-state index is 14.7. The Morgan fingerprint density at radius 1 is 1.28 bits per heavy atom. The van der Waals surface area contributed by atoms with Crippen molar-refractivity contribution in [3.8, 4) is 0 Å². The van der Waals surface area contributed by atoms with E-state index in [1.807, 2.05) is 0 Å². The molecule has 1 radical (unpaired) electrons. The molecular formula is C20H20BFN3O3S. The van der Waals surface area contributed by atoms with Gasteiger partial charge in [-0.05, 0) is 37.0 Å². The van der Waals surface area contributed by atoms with E-state index in [2.05, 4.69) is 10.6 Å². The first kappa shape index (κ1) is 21.1. The van der Waals surface area contributed by atoms with E-state index in [4.69, 9.17) is 12.2 Å². The van der Waals surface area contributed by atoms with Gasteiger partial charge in [0.15, 0.2) is 5.11 Å². The molecule has 2 aromatic rings. The van der Waals surface area contributed by atoms with Crippen LogP contribution in [0.1, 0.15) is 15.9 Å². The summed E-state index contributed by atoms with van der Waals surface area (Å²) in [6.07, 6.45) is 0.640. The van der Waals surface area contributed by atoms with Gasteiger partial charge >= 0.3 is 0 Å². The maximum absolute atomic E-state index is 14.7. The topological polar surface area (TPSA) is 81.7 Å². The van der Waals surface area contributed by atoms with Gasteiger partial charge in [-0.15, -0.1) is 0 Å². The van der Waals surface area contributed by atoms with Gasteiger partial charge in [-0.1, -0.05) is 36.4 Å². The van der Waals surface area contributed by atoms with Crippen LogP contribution < -0.4 is 10.6 Å². The molecule has 3 rings (SSSR count). The number of aliphatic hydroxyl groups excluding tert-OH is 1. The van der Waals surface area contributed by atoms with Crippen LogP contribution in [0.3, 0.4) is 0 Å². The quantitative estimate of drug-likeness (QED) is 0.374. The van der Waals surface area contributed by atoms with Gasteiger partial charge in [0, 0.05) is 30.2 Å². The molecular weight excluding hydrogens is 392 g/mol. The molecule has 6 nitrogen and oxygen atoms in total. The molecule has 9 heteroatoms. The summed E-state index contributed by atoms with van der Waals surface area (Å²) in [6.45, 7) is 0.255. The van der Waals surface area contributed by atoms with Crippen LogP contribution in [0.2, 0.25) is 0 Å². The first-order valence-corrected chi connectivity index (χ1v) is 9.48. The molecule has 0 saturated carbocycles. The van der Waals surface area contributed by atoms with Crippen molar-refractivity contribution in [1.82, 2.24) is 15.4 Å². The second-order valence-corrected chi connectivity index (χ2v) is 7.23. The lowest BCUT2D eigenvalue weighted by molar-refractivity contribution is 0.0975. The van der Waals surface area contributed by atoms with E-state index < -0.39 is 23.2 Å². The number of rotatable bonds is 6. The third kappa shape index (κ3) is 4.53. The molecule has 2 unspecified atom stereocenters. The lowest BCUT2D eigenvalue weighted by atomic mass is 9.80. The van der Waals surface area contributed by atoms with Crippen LogP contribution in [0.25, 0.3) is 0 Å². The number of carbonyl (C=O) groups excluding carboxylic acids is 2. The summed E-state index contributed by atoms with van der Waals surface area (Å²) in [4.78, 5) is 25.1. The number of halogens is 1. The van der Waals surface area contributed by atoms with Crippen molar-refractivity contribution in [1.29, 1.82) is 0 Å². The van der Waals surface area contributed by atoms with Crippen molar-refractivity contribution >= 4 is 36.8 Å². The summed E-state index contributed by atoms with van der Waals surface area (Å²) in [5, 5.41) is 15.7. The van der Waals surface area contributed by atoms with Gasteiger partial charge < -0.3 is 20.0 Å². The van der Waals surface area contributed by atoms with Crippen LogP contribution in [0.4, 0.5) is 4.39 Å². The average molecular weight is 412 g/mol. The predicted octanol–water partition coefficient (Wildman–Crippen LogP) is 1.06. The van der Waals surface area contributed by atoms with E-state index in [0.29, 0.717) is 23.9 Å². The van der Waals surface area contributed by atoms with Gasteiger partial charge in [-0.3, -0.25) is 10.1 Å². The fraction of sp³-hybridized carbons (Fsp3) is 0.250. The molecule has 149 valence electrons. The van der Waals surface area contributed by atoms with E-state index in [0.717, 1.165) is 0 Å². The summed E-state index contributed by atoms with van der Waals surface area (Å²) in [7, 11) is 1.35. The Hall–Kier alpha value is -2.62. The highest BCUT2D eigenvalue weighted by Crippen LogP contribution is 2.37. The number of thiocarbonyl (C=S) groups is 1. The Morgan fingerprint density at radius 2 is 1.97 bits per heavy atom. The molecule has 1 heterocycles. The van der Waals surface area contributed by atoms with Crippen molar-refractivity contribution in [2.75, 3.05) is 19.7 Å². The molecule has 2 atom stereocenters. The highest BCUT2D eigenvalue weighted by molar-refractivity contribution is 7.80. The third-order valence-corrected chi connectivity index (χ3v) is 5.25. The first-order chi connectivity index (χ1) is 14.0. The molecule has 3 N–H and O–H groups in total. The second kappa shape index (κ2) is 9.26. The fourth-order valence-corrected chi connectivity index (χ4v) is 3.98. The molecule has 0 bridgehead atoms. The van der Waals surface area contributed by atoms with Gasteiger partial charge in [-0.25, -0.2) is 4.39 Å². The summed E-state index contributed by atoms with van der Waals surface area (Å²) in [5.41, 5.74) is -0.393. The van der Waals surface area contributed by atoms with E-state index in [1.165, 1.54) is 13.5 Å². The molecule has 1 amide bonds. The van der Waals surface area contributed by atoms with Crippen molar-refractivity contribution in [3.63, 3.8) is 0 Å². The van der Waals surface area contributed by atoms with Crippen molar-refractivity contribution in [2.24, 2.45) is 5.92 Å². The van der Waals surface area contributed by atoms with E-state index in [1.54, 1.807) is 53.3 Å². The zero-order valence-corrected chi connectivity index (χ0v) is 16.4. The van der Waals surface area contributed by atoms with Gasteiger partial charge in [0.2, 0.25) is 0 Å². The Bertz CT molecular complexity index is 902. The zero-order chi connectivity index (χ0) is 20.9. The molecule has 0 aliphatic carbocycles. The number of carbonyl (C=O) groups is 2. The predicted molar refractivity (Wildman–Crippen MR) is 112 cm³/mol. The SMILES string of the molecule is O=C[B]N1CC(CO)C(NC(=S)NC(=O)c2ccccc2)(c2ccccc2F)C1. The summed E-state index contributed by atoms with van der Waals surface area (Å²) >= 11 is 5.34. The highest BCUT2D eigenvalue weighted by atomic mass is 32.1. The maximum Gasteiger partial charge on any atom is 0.293 e. The molecule has 1 saturated heterocycles. The smallest absolute Gasteiger partial charge is 0.293 e. The molecule has 1 aliphatic heterocycles. The Labute approximate surface area is 174 Å². The zero-order valence-electron chi connectivity index (χ0n) is 15.5. The summed E-state index contributed by atoms with van der Waals surface area (Å²) in [6, 6.07) is 14.8. The number of benzene rings is 2. The van der Waals surface area contributed by atoms with Crippen molar-refractivity contribution in [2.45, 2.75) is 5.54 Å². The van der Waals surface area contributed by atoms with Crippen molar-refractivity contribution < 1.29 is 19.1 Å². The van der Waals surface area contributed by atoms with Crippen LogP contribution in [-0.4, -0.2) is 54.2 Å². The number of nitrogens with zero attached hydrogens (tertiary/aromatic N) is 1. The molecule has 0 aromatic heterocycles. The van der Waals surface area contributed by atoms with Gasteiger partial charge in [0.05, 0.1) is 11.7 Å². The van der Waals surface area contributed by atoms with E-state index in [9.17, 15) is 19.1 Å². The fourth-order valence-electron chi connectivity index (χ4n) is 3.70. The number of amides is 1. The Balaban J connectivity index is 1.90. The molecule has 0 spiro atoms. The van der Waals surface area contributed by atoms with Crippen LogP contribution >= 0.6 is 12.2 Å². The minimum absolute atomic E-state index is 0.00788. The number of aliphatic hydroxyl groups is 1. The van der Waals surface area contributed by atoms with Crippen LogP contribution in [-0.2, 0) is 10.3 Å². The standard InChI is InChI=1S/C20H20BFN3O3S/c22-17-9-5-4-8-16(17)20(12-25(21-13-27)10-15(20)11-26)24-19(29)23-18(28)14-6-2-1-3-7-14/h1-9,13,15,26H,10-12H2,(H2,23,24,28,29). The molecule has 1 fully saturated rings. The Kier molecular flexibility index (Phi) is 6.73. The van der Waals surface area contributed by atoms with Crippen LogP contribution in [0.15, 0.2) is 54.6 Å². The normalized spacial score (nSPS) is 21.4. The minimum Gasteiger partial charge on any atom is -0.396 e. The van der Waals surface area contributed by atoms with Gasteiger partial charge in [0.25, 0.3) is 13.3 Å². The largest absolute Gasteiger partial charge is 0.396 e. The number of hydrogen-bond acceptors (Lipinski definition) is 5. The van der Waals surface area contributed by atoms with Gasteiger partial charge in [0.1, 0.15) is 5.82 Å². The van der Waals surface area contributed by atoms with E-state index >= 15 is 0 Å². The summed E-state index contributed by atoms with van der Waals surface area (Å²) in [5.74, 6) is -1.34. The number of hydrogen-bond donors (Lipinski definition) is 3. The first-order valence-electron chi connectivity index (χ1n) is 9.07. The van der Waals surface area contributed by atoms with Gasteiger partial charge in [-0.2, -0.15) is 0 Å². The molecule has 2 aromatic carbocycles. The lowest BCUT2D eigenvalue weighted by Gasteiger charge is -2.37. The van der Waals surface area contributed by atoms with Crippen molar-refractivity contribution in [3.05, 3.63) is 71.5 Å². The highest BCUT2D eigenvalue weighted by Gasteiger charge is 2.49. The number of nitrogens with one attached hydrogen (secondary N) is 2. The van der Waals surface area contributed by atoms with E-state index in [-0.39, 0.29) is 18.3 Å². The third-order valence-electron chi connectivity index (χ3n) is 5.05. The average Bonchev–Trinajstić information content (AvgIpc) is 3.06. The minimum atomic E-state index is -1.12. The van der Waals surface area contributed by atoms with Crippen LogP contribution in [0, 0.1) is 11.7 Å².